The van der Waals surface area contributed by atoms with Gasteiger partial charge in [-0.05, 0) is 50.3 Å². The predicted molar refractivity (Wildman–Crippen MR) is 91.1 cm³/mol. The van der Waals surface area contributed by atoms with Crippen molar-refractivity contribution in [1.29, 1.82) is 0 Å². The van der Waals surface area contributed by atoms with Crippen LogP contribution in [-0.2, 0) is 4.74 Å². The van der Waals surface area contributed by atoms with Gasteiger partial charge in [-0.2, -0.15) is 11.8 Å². The van der Waals surface area contributed by atoms with E-state index in [1.807, 2.05) is 0 Å². The Labute approximate surface area is 134 Å². The minimum atomic E-state index is 0.214. The molecule has 122 valence electrons. The average Bonchev–Trinajstić information content (AvgIpc) is 3.10. The number of hydrogen-bond donors (Lipinski definition) is 1. The minimum Gasteiger partial charge on any atom is -0.374 e. The van der Waals surface area contributed by atoms with Crippen molar-refractivity contribution < 1.29 is 4.74 Å². The molecule has 0 radical (unpaired) electrons. The fourth-order valence-electron chi connectivity index (χ4n) is 4.21. The molecule has 0 aromatic heterocycles. The van der Waals surface area contributed by atoms with Gasteiger partial charge in [0, 0.05) is 37.5 Å². The first kappa shape index (κ1) is 16.1. The zero-order chi connectivity index (χ0) is 14.7. The molecule has 1 N–H and O–H groups in total. The zero-order valence-corrected chi connectivity index (χ0v) is 14.6. The minimum absolute atomic E-state index is 0.214. The topological polar surface area (TPSA) is 24.5 Å². The molecule has 0 aromatic carbocycles. The van der Waals surface area contributed by atoms with Crippen molar-refractivity contribution >= 4 is 11.8 Å². The van der Waals surface area contributed by atoms with Gasteiger partial charge in [-0.1, -0.05) is 13.8 Å². The van der Waals surface area contributed by atoms with E-state index >= 15 is 0 Å². The molecule has 3 rings (SSSR count). The van der Waals surface area contributed by atoms with Crippen LogP contribution in [0.5, 0.6) is 0 Å². The van der Waals surface area contributed by atoms with E-state index in [1.165, 1.54) is 63.2 Å². The number of thioether (sulfide) groups is 1. The van der Waals surface area contributed by atoms with Gasteiger partial charge in [0.05, 0.1) is 5.60 Å². The molecule has 3 nitrogen and oxygen atoms in total. The lowest BCUT2D eigenvalue weighted by Crippen LogP contribution is -2.52. The number of ether oxygens (including phenoxy) is 1. The van der Waals surface area contributed by atoms with Gasteiger partial charge in [-0.15, -0.1) is 0 Å². The highest BCUT2D eigenvalue weighted by Gasteiger charge is 2.42. The molecule has 4 heteroatoms. The highest BCUT2D eigenvalue weighted by atomic mass is 32.2. The summed E-state index contributed by atoms with van der Waals surface area (Å²) in [4.78, 5) is 2.79. The summed E-state index contributed by atoms with van der Waals surface area (Å²) in [6, 6.07) is 1.46. The van der Waals surface area contributed by atoms with Gasteiger partial charge in [0.15, 0.2) is 0 Å². The highest BCUT2D eigenvalue weighted by Crippen LogP contribution is 2.39. The Balaban J connectivity index is 1.63. The predicted octanol–water partition coefficient (Wildman–Crippen LogP) is 2.75. The first-order chi connectivity index (χ1) is 10.2. The molecule has 0 amide bonds. The number of nitrogens with one attached hydrogen (secondary N) is 1. The maximum absolute atomic E-state index is 6.22. The summed E-state index contributed by atoms with van der Waals surface area (Å²) in [7, 11) is 0. The smallest absolute Gasteiger partial charge is 0.0795 e. The molecule has 0 bridgehead atoms. The van der Waals surface area contributed by atoms with Gasteiger partial charge < -0.3 is 10.1 Å². The van der Waals surface area contributed by atoms with Crippen LogP contribution in [0.4, 0.5) is 0 Å². The lowest BCUT2D eigenvalue weighted by atomic mass is 9.88. The number of hydrogen-bond acceptors (Lipinski definition) is 4. The third-order valence-corrected chi connectivity index (χ3v) is 6.49. The monoisotopic (exact) mass is 312 g/mol. The third-order valence-electron chi connectivity index (χ3n) is 5.27. The Kier molecular flexibility index (Phi) is 5.52. The van der Waals surface area contributed by atoms with E-state index in [0.717, 1.165) is 24.6 Å². The van der Waals surface area contributed by atoms with Crippen molar-refractivity contribution in [2.24, 2.45) is 5.92 Å². The van der Waals surface area contributed by atoms with Crippen molar-refractivity contribution in [2.75, 3.05) is 37.7 Å². The van der Waals surface area contributed by atoms with Crippen LogP contribution in [0.1, 0.15) is 46.0 Å². The summed E-state index contributed by atoms with van der Waals surface area (Å²) >= 11 is 2.08. The second kappa shape index (κ2) is 7.20. The van der Waals surface area contributed by atoms with Gasteiger partial charge in [0.25, 0.3) is 0 Å². The molecule has 0 aromatic rings. The molecule has 1 spiro atoms. The van der Waals surface area contributed by atoms with Crippen LogP contribution in [0, 0.1) is 5.92 Å². The van der Waals surface area contributed by atoms with E-state index in [9.17, 15) is 0 Å². The van der Waals surface area contributed by atoms with Crippen LogP contribution >= 0.6 is 11.8 Å². The Bertz CT molecular complexity index is 325. The van der Waals surface area contributed by atoms with Crippen LogP contribution in [0.15, 0.2) is 0 Å². The second-order valence-corrected chi connectivity index (χ2v) is 8.73. The molecule has 3 saturated heterocycles. The van der Waals surface area contributed by atoms with Crippen LogP contribution < -0.4 is 5.32 Å². The largest absolute Gasteiger partial charge is 0.374 e. The fourth-order valence-corrected chi connectivity index (χ4v) is 5.59. The maximum atomic E-state index is 6.22. The fraction of sp³-hybridized carbons (Fsp3) is 1.00. The first-order valence-corrected chi connectivity index (χ1v) is 10.0. The molecule has 21 heavy (non-hydrogen) atoms. The van der Waals surface area contributed by atoms with Crippen LogP contribution in [-0.4, -0.2) is 60.3 Å². The van der Waals surface area contributed by atoms with E-state index in [4.69, 9.17) is 4.74 Å². The third kappa shape index (κ3) is 4.15. The van der Waals surface area contributed by atoms with Gasteiger partial charge in [0.1, 0.15) is 0 Å². The van der Waals surface area contributed by atoms with Gasteiger partial charge in [-0.3, -0.25) is 4.90 Å². The molecular weight excluding hydrogens is 280 g/mol. The lowest BCUT2D eigenvalue weighted by molar-refractivity contribution is -0.0915. The number of nitrogens with zero attached hydrogens (tertiary/aromatic N) is 1. The SMILES string of the molecule is CC(C)CN(CC1CCCN1)C1CCOC2(CCSC2)C1. The van der Waals surface area contributed by atoms with Crippen molar-refractivity contribution in [3.05, 3.63) is 0 Å². The van der Waals surface area contributed by atoms with Gasteiger partial charge in [0.2, 0.25) is 0 Å². The first-order valence-electron chi connectivity index (χ1n) is 8.86. The molecule has 0 aliphatic carbocycles. The lowest BCUT2D eigenvalue weighted by Gasteiger charge is -2.44. The van der Waals surface area contributed by atoms with Crippen molar-refractivity contribution in [3.63, 3.8) is 0 Å². The van der Waals surface area contributed by atoms with Crippen LogP contribution in [0.2, 0.25) is 0 Å². The molecule has 3 atom stereocenters. The Morgan fingerprint density at radius 2 is 2.29 bits per heavy atom. The molecule has 3 heterocycles. The summed E-state index contributed by atoms with van der Waals surface area (Å²) < 4.78 is 6.22. The summed E-state index contributed by atoms with van der Waals surface area (Å²) in [5.41, 5.74) is 0.214. The number of rotatable bonds is 5. The summed E-state index contributed by atoms with van der Waals surface area (Å²) in [6.45, 7) is 9.38. The van der Waals surface area contributed by atoms with E-state index in [2.05, 4.69) is 35.8 Å². The highest BCUT2D eigenvalue weighted by molar-refractivity contribution is 7.99. The van der Waals surface area contributed by atoms with E-state index < -0.39 is 0 Å². The summed E-state index contributed by atoms with van der Waals surface area (Å²) in [5, 5.41) is 3.68. The molecule has 3 unspecified atom stereocenters. The van der Waals surface area contributed by atoms with Crippen molar-refractivity contribution in [2.45, 2.75) is 63.6 Å². The van der Waals surface area contributed by atoms with Crippen molar-refractivity contribution in [3.8, 4) is 0 Å². The standard InChI is InChI=1S/C17H32N2OS/c1-14(2)11-19(12-15-4-3-7-18-15)16-5-8-20-17(10-16)6-9-21-13-17/h14-16,18H,3-13H2,1-2H3. The maximum Gasteiger partial charge on any atom is 0.0795 e. The molecule has 3 aliphatic heterocycles. The van der Waals surface area contributed by atoms with Crippen LogP contribution in [0.3, 0.4) is 0 Å². The Hall–Kier alpha value is 0.230. The molecular formula is C17H32N2OS. The summed E-state index contributed by atoms with van der Waals surface area (Å²) in [6.07, 6.45) is 6.48. The Morgan fingerprint density at radius 3 is 2.95 bits per heavy atom. The molecule has 3 aliphatic rings. The van der Waals surface area contributed by atoms with E-state index in [0.29, 0.717) is 0 Å². The van der Waals surface area contributed by atoms with E-state index in [1.54, 1.807) is 0 Å². The van der Waals surface area contributed by atoms with Crippen molar-refractivity contribution in [1.82, 2.24) is 10.2 Å². The van der Waals surface area contributed by atoms with Gasteiger partial charge in [-0.25, -0.2) is 0 Å². The summed E-state index contributed by atoms with van der Waals surface area (Å²) in [5.74, 6) is 3.27. The quantitative estimate of drug-likeness (QED) is 0.844. The second-order valence-electron chi connectivity index (χ2n) is 7.62. The van der Waals surface area contributed by atoms with Crippen LogP contribution in [0.25, 0.3) is 0 Å². The normalized spacial score (nSPS) is 37.1. The average molecular weight is 313 g/mol. The molecule has 0 saturated carbocycles. The zero-order valence-electron chi connectivity index (χ0n) is 13.8. The van der Waals surface area contributed by atoms with E-state index in [-0.39, 0.29) is 5.60 Å². The molecule has 3 fully saturated rings. The Morgan fingerprint density at radius 1 is 1.38 bits per heavy atom. The van der Waals surface area contributed by atoms with Gasteiger partial charge >= 0.3 is 0 Å².